The number of sulfonamides is 1. The highest BCUT2D eigenvalue weighted by atomic mass is 32.2. The molecule has 30 heavy (non-hydrogen) atoms. The number of anilines is 1. The first-order valence-corrected chi connectivity index (χ1v) is 11.1. The van der Waals surface area contributed by atoms with Gasteiger partial charge in [-0.2, -0.15) is 0 Å². The van der Waals surface area contributed by atoms with Crippen LogP contribution in [0.3, 0.4) is 0 Å². The van der Waals surface area contributed by atoms with Gasteiger partial charge in [-0.25, -0.2) is 8.42 Å². The zero-order valence-electron chi connectivity index (χ0n) is 16.5. The lowest BCUT2D eigenvalue weighted by Crippen LogP contribution is -2.14. The first kappa shape index (κ1) is 19.8. The second-order valence-corrected chi connectivity index (χ2v) is 8.86. The molecular formula is C22H21N3O4S. The molecule has 0 atom stereocenters. The van der Waals surface area contributed by atoms with E-state index < -0.39 is 10.0 Å². The van der Waals surface area contributed by atoms with Crippen LogP contribution in [0.4, 0.5) is 5.69 Å². The molecular weight excluding hydrogens is 402 g/mol. The fourth-order valence-corrected chi connectivity index (χ4v) is 3.94. The summed E-state index contributed by atoms with van der Waals surface area (Å²) in [7, 11) is -3.44. The van der Waals surface area contributed by atoms with E-state index in [-0.39, 0.29) is 11.3 Å². The SMILES string of the molecule is CCS(=O)(=O)Nc1ccc(Oc2ccccc2)c(-c2cc(C)c3c(=O)[nH]ccn23)c1. The van der Waals surface area contributed by atoms with Crippen molar-refractivity contribution in [2.24, 2.45) is 0 Å². The van der Waals surface area contributed by atoms with Gasteiger partial charge in [0, 0.05) is 23.6 Å². The van der Waals surface area contributed by atoms with E-state index in [1.807, 2.05) is 43.3 Å². The van der Waals surface area contributed by atoms with Crippen molar-refractivity contribution < 1.29 is 13.2 Å². The molecule has 2 aromatic heterocycles. The molecule has 7 nitrogen and oxygen atoms in total. The minimum absolute atomic E-state index is 0.0346. The van der Waals surface area contributed by atoms with Crippen LogP contribution in [0.25, 0.3) is 16.8 Å². The summed E-state index contributed by atoms with van der Waals surface area (Å²) in [5.41, 5.74) is 2.93. The summed E-state index contributed by atoms with van der Waals surface area (Å²) in [6, 6.07) is 16.3. The standard InChI is InChI=1S/C22H21N3O4S/c1-3-30(27,28)24-16-9-10-20(29-17-7-5-4-6-8-17)18(14-16)19-13-15(2)21-22(26)23-11-12-25(19)21/h4-14,24H,3H2,1-2H3,(H,23,26). The van der Waals surface area contributed by atoms with Crippen LogP contribution in [0.2, 0.25) is 0 Å². The van der Waals surface area contributed by atoms with Crippen molar-refractivity contribution >= 4 is 21.2 Å². The van der Waals surface area contributed by atoms with Gasteiger partial charge in [-0.3, -0.25) is 9.52 Å². The Labute approximate surface area is 174 Å². The van der Waals surface area contributed by atoms with Crippen LogP contribution >= 0.6 is 0 Å². The average molecular weight is 423 g/mol. The average Bonchev–Trinajstić information content (AvgIpc) is 3.07. The van der Waals surface area contributed by atoms with Gasteiger partial charge in [-0.15, -0.1) is 0 Å². The third kappa shape index (κ3) is 3.81. The van der Waals surface area contributed by atoms with E-state index in [2.05, 4.69) is 9.71 Å². The normalized spacial score (nSPS) is 11.5. The number of aromatic nitrogens is 2. The van der Waals surface area contributed by atoms with Crippen molar-refractivity contribution in [3.63, 3.8) is 0 Å². The third-order valence-electron chi connectivity index (χ3n) is 4.76. The molecule has 0 aliphatic heterocycles. The largest absolute Gasteiger partial charge is 0.457 e. The van der Waals surface area contributed by atoms with Gasteiger partial charge in [-0.1, -0.05) is 18.2 Å². The van der Waals surface area contributed by atoms with E-state index in [1.165, 1.54) is 0 Å². The summed E-state index contributed by atoms with van der Waals surface area (Å²) < 4.78 is 34.6. The fraction of sp³-hybridized carbons (Fsp3) is 0.136. The molecule has 154 valence electrons. The Morgan fingerprint density at radius 1 is 1.10 bits per heavy atom. The van der Waals surface area contributed by atoms with E-state index in [1.54, 1.807) is 41.9 Å². The fourth-order valence-electron chi connectivity index (χ4n) is 3.31. The zero-order chi connectivity index (χ0) is 21.3. The molecule has 8 heteroatoms. The van der Waals surface area contributed by atoms with E-state index >= 15 is 0 Å². The maximum Gasteiger partial charge on any atom is 0.272 e. The van der Waals surface area contributed by atoms with Crippen molar-refractivity contribution in [3.05, 3.63) is 82.9 Å². The lowest BCUT2D eigenvalue weighted by atomic mass is 10.1. The number of nitrogens with one attached hydrogen (secondary N) is 2. The summed E-state index contributed by atoms with van der Waals surface area (Å²) in [6.45, 7) is 3.43. The number of fused-ring (bicyclic) bond motifs is 1. The monoisotopic (exact) mass is 423 g/mol. The third-order valence-corrected chi connectivity index (χ3v) is 6.07. The van der Waals surface area contributed by atoms with Gasteiger partial charge < -0.3 is 14.1 Å². The Morgan fingerprint density at radius 3 is 2.60 bits per heavy atom. The Balaban J connectivity index is 1.91. The Morgan fingerprint density at radius 2 is 1.87 bits per heavy atom. The predicted molar refractivity (Wildman–Crippen MR) is 118 cm³/mol. The van der Waals surface area contributed by atoms with E-state index in [0.29, 0.717) is 28.3 Å². The van der Waals surface area contributed by atoms with Crippen LogP contribution in [-0.2, 0) is 10.0 Å². The molecule has 0 fully saturated rings. The van der Waals surface area contributed by atoms with Crippen LogP contribution in [0.15, 0.2) is 71.8 Å². The van der Waals surface area contributed by atoms with Crippen LogP contribution in [-0.4, -0.2) is 23.6 Å². The Kier molecular flexibility index (Phi) is 5.09. The second kappa shape index (κ2) is 7.72. The number of ether oxygens (including phenoxy) is 1. The lowest BCUT2D eigenvalue weighted by Gasteiger charge is -2.14. The van der Waals surface area contributed by atoms with Gasteiger partial charge in [0.25, 0.3) is 5.56 Å². The molecule has 4 rings (SSSR count). The van der Waals surface area contributed by atoms with Gasteiger partial charge in [0.1, 0.15) is 17.0 Å². The molecule has 0 bridgehead atoms. The molecule has 0 unspecified atom stereocenters. The molecule has 0 radical (unpaired) electrons. The summed E-state index contributed by atoms with van der Waals surface area (Å²) in [4.78, 5) is 15.0. The summed E-state index contributed by atoms with van der Waals surface area (Å²) >= 11 is 0. The van der Waals surface area contributed by atoms with Crippen LogP contribution < -0.4 is 15.0 Å². The van der Waals surface area contributed by atoms with Gasteiger partial charge in [-0.05, 0) is 55.8 Å². The summed E-state index contributed by atoms with van der Waals surface area (Å²) in [6.07, 6.45) is 3.33. The molecule has 0 spiro atoms. The van der Waals surface area contributed by atoms with Crippen LogP contribution in [0, 0.1) is 6.92 Å². The number of H-pyrrole nitrogens is 1. The maximum atomic E-state index is 12.3. The number of hydrogen-bond acceptors (Lipinski definition) is 4. The summed E-state index contributed by atoms with van der Waals surface area (Å²) in [5.74, 6) is 1.16. The molecule has 2 aromatic carbocycles. The lowest BCUT2D eigenvalue weighted by molar-refractivity contribution is 0.484. The van der Waals surface area contributed by atoms with E-state index in [4.69, 9.17) is 4.74 Å². The van der Waals surface area contributed by atoms with Crippen LogP contribution in [0.5, 0.6) is 11.5 Å². The first-order valence-electron chi connectivity index (χ1n) is 9.45. The molecule has 0 amide bonds. The highest BCUT2D eigenvalue weighted by Crippen LogP contribution is 2.37. The quantitative estimate of drug-likeness (QED) is 0.487. The number of aromatic amines is 1. The van der Waals surface area contributed by atoms with Crippen molar-refractivity contribution in [1.29, 1.82) is 0 Å². The summed E-state index contributed by atoms with van der Waals surface area (Å²) in [5, 5.41) is 0. The molecule has 0 aliphatic carbocycles. The van der Waals surface area contributed by atoms with Gasteiger partial charge >= 0.3 is 0 Å². The van der Waals surface area contributed by atoms with Crippen LogP contribution in [0.1, 0.15) is 12.5 Å². The molecule has 0 saturated heterocycles. The number of aryl methyl sites for hydroxylation is 1. The topological polar surface area (TPSA) is 92.7 Å². The minimum Gasteiger partial charge on any atom is -0.457 e. The predicted octanol–water partition coefficient (Wildman–Crippen LogP) is 4.16. The minimum atomic E-state index is -3.44. The number of para-hydroxylation sites is 1. The molecule has 2 heterocycles. The smallest absolute Gasteiger partial charge is 0.272 e. The van der Waals surface area contributed by atoms with E-state index in [0.717, 1.165) is 11.3 Å². The van der Waals surface area contributed by atoms with E-state index in [9.17, 15) is 13.2 Å². The van der Waals surface area contributed by atoms with Crippen molar-refractivity contribution in [2.45, 2.75) is 13.8 Å². The number of rotatable bonds is 6. The number of nitrogens with zero attached hydrogens (tertiary/aromatic N) is 1. The zero-order valence-corrected chi connectivity index (χ0v) is 17.4. The molecule has 0 aliphatic rings. The van der Waals surface area contributed by atoms with Gasteiger partial charge in [0.15, 0.2) is 0 Å². The highest BCUT2D eigenvalue weighted by Gasteiger charge is 2.17. The van der Waals surface area contributed by atoms with Gasteiger partial charge in [0.2, 0.25) is 10.0 Å². The maximum absolute atomic E-state index is 12.3. The van der Waals surface area contributed by atoms with Crippen molar-refractivity contribution in [3.8, 4) is 22.8 Å². The highest BCUT2D eigenvalue weighted by molar-refractivity contribution is 7.92. The van der Waals surface area contributed by atoms with Crippen molar-refractivity contribution in [1.82, 2.24) is 9.38 Å². The number of benzene rings is 2. The van der Waals surface area contributed by atoms with Crippen molar-refractivity contribution in [2.75, 3.05) is 10.5 Å². The molecule has 2 N–H and O–H groups in total. The molecule has 4 aromatic rings. The number of hydrogen-bond donors (Lipinski definition) is 2. The second-order valence-electron chi connectivity index (χ2n) is 6.85. The molecule has 0 saturated carbocycles. The Bertz CT molecular complexity index is 1370. The Hall–Kier alpha value is -3.52. The van der Waals surface area contributed by atoms with Gasteiger partial charge in [0.05, 0.1) is 11.4 Å². The first-order chi connectivity index (χ1) is 14.4.